The number of hydrogen-bond donors (Lipinski definition) is 1. The molecule has 2 heterocycles. The maximum absolute atomic E-state index is 13.3. The molecule has 4 aromatic carbocycles. The predicted molar refractivity (Wildman–Crippen MR) is 118 cm³/mol. The average molecular weight is 413 g/mol. The quantitative estimate of drug-likeness (QED) is 0.386. The third-order valence-electron chi connectivity index (χ3n) is 5.86. The number of benzene rings is 4. The molecule has 0 aliphatic carbocycles. The lowest BCUT2D eigenvalue weighted by atomic mass is 9.89. The van der Waals surface area contributed by atoms with Crippen LogP contribution in [0.1, 0.15) is 29.0 Å². The molecule has 0 spiro atoms. The van der Waals surface area contributed by atoms with Crippen LogP contribution < -0.4 is 10.1 Å². The van der Waals surface area contributed by atoms with Crippen molar-refractivity contribution in [3.8, 4) is 5.75 Å². The van der Waals surface area contributed by atoms with Gasteiger partial charge >= 0.3 is 6.03 Å². The van der Waals surface area contributed by atoms with E-state index in [-0.39, 0.29) is 12.1 Å². The Bertz CT molecular complexity index is 1300. The van der Waals surface area contributed by atoms with Crippen LogP contribution in [-0.4, -0.2) is 10.9 Å². The second-order valence-corrected chi connectivity index (χ2v) is 7.98. The molecule has 1 N–H and O–H groups in total. The fraction of sp³-hybridized carbons (Fsp3) is 0.0800. The van der Waals surface area contributed by atoms with Crippen molar-refractivity contribution in [2.24, 2.45) is 0 Å². The lowest BCUT2D eigenvalue weighted by Crippen LogP contribution is -2.49. The summed E-state index contributed by atoms with van der Waals surface area (Å²) in [6.45, 7) is 0. The van der Waals surface area contributed by atoms with Crippen LogP contribution in [0.15, 0.2) is 84.9 Å². The van der Waals surface area contributed by atoms with Gasteiger partial charge in [0.2, 0.25) is 6.23 Å². The molecule has 0 fully saturated rings. The highest BCUT2D eigenvalue weighted by atomic mass is 35.5. The van der Waals surface area contributed by atoms with Crippen LogP contribution in [-0.2, 0) is 0 Å². The number of rotatable bonds is 1. The van der Waals surface area contributed by atoms with Gasteiger partial charge in [-0.25, -0.2) is 4.79 Å². The Kier molecular flexibility index (Phi) is 3.77. The number of hydrogen-bond acceptors (Lipinski definition) is 2. The number of anilines is 1. The van der Waals surface area contributed by atoms with Crippen molar-refractivity contribution >= 4 is 34.1 Å². The zero-order chi connectivity index (χ0) is 20.2. The highest BCUT2D eigenvalue weighted by Gasteiger charge is 2.44. The zero-order valence-electron chi connectivity index (χ0n) is 15.9. The molecule has 0 radical (unpaired) electrons. The highest BCUT2D eigenvalue weighted by Crippen LogP contribution is 2.50. The molecule has 2 amide bonds. The number of urea groups is 1. The van der Waals surface area contributed by atoms with Gasteiger partial charge in [0.15, 0.2) is 0 Å². The molecular weight excluding hydrogens is 396 g/mol. The third-order valence-corrected chi connectivity index (χ3v) is 6.11. The molecule has 4 aromatic rings. The van der Waals surface area contributed by atoms with Crippen molar-refractivity contribution in [1.82, 2.24) is 4.90 Å². The summed E-state index contributed by atoms with van der Waals surface area (Å²) in [5, 5.41) is 5.87. The maximum atomic E-state index is 13.3. The summed E-state index contributed by atoms with van der Waals surface area (Å²) >= 11 is 6.16. The smallest absolute Gasteiger partial charge is 0.325 e. The van der Waals surface area contributed by atoms with E-state index in [1.165, 1.54) is 0 Å². The fourth-order valence-corrected chi connectivity index (χ4v) is 4.65. The topological polar surface area (TPSA) is 41.6 Å². The van der Waals surface area contributed by atoms with E-state index >= 15 is 0 Å². The number of fused-ring (bicyclic) bond motifs is 6. The summed E-state index contributed by atoms with van der Waals surface area (Å²) in [5.74, 6) is 0.791. The first-order valence-corrected chi connectivity index (χ1v) is 10.2. The molecule has 0 aromatic heterocycles. The van der Waals surface area contributed by atoms with E-state index in [4.69, 9.17) is 16.3 Å². The number of amides is 2. The van der Waals surface area contributed by atoms with Crippen molar-refractivity contribution in [3.63, 3.8) is 0 Å². The molecule has 2 atom stereocenters. The Balaban J connectivity index is 1.65. The number of nitrogens with one attached hydrogen (secondary N) is 1. The summed E-state index contributed by atoms with van der Waals surface area (Å²) in [4.78, 5) is 15.1. The second-order valence-electron chi connectivity index (χ2n) is 7.55. The van der Waals surface area contributed by atoms with Gasteiger partial charge in [0, 0.05) is 16.1 Å². The fourth-order valence-electron chi connectivity index (χ4n) is 4.53. The van der Waals surface area contributed by atoms with Gasteiger partial charge in [0.1, 0.15) is 5.75 Å². The van der Waals surface area contributed by atoms with Gasteiger partial charge in [0.05, 0.1) is 11.7 Å². The van der Waals surface area contributed by atoms with E-state index in [0.717, 1.165) is 38.9 Å². The van der Waals surface area contributed by atoms with E-state index in [1.54, 1.807) is 4.90 Å². The lowest BCUT2D eigenvalue weighted by Gasteiger charge is -2.46. The van der Waals surface area contributed by atoms with E-state index in [0.29, 0.717) is 5.02 Å². The number of ether oxygens (including phenoxy) is 1. The molecule has 0 saturated carbocycles. The maximum Gasteiger partial charge on any atom is 0.325 e. The summed E-state index contributed by atoms with van der Waals surface area (Å²) < 4.78 is 6.46. The minimum Gasteiger partial charge on any atom is -0.466 e. The number of carbonyl (C=O) groups excluding carboxylic acids is 1. The summed E-state index contributed by atoms with van der Waals surface area (Å²) in [7, 11) is 0. The molecule has 4 nitrogen and oxygen atoms in total. The van der Waals surface area contributed by atoms with Crippen LogP contribution in [0, 0.1) is 0 Å². The van der Waals surface area contributed by atoms with Crippen LogP contribution in [0.5, 0.6) is 5.75 Å². The Hall–Kier alpha value is -3.50. The van der Waals surface area contributed by atoms with Crippen LogP contribution >= 0.6 is 11.6 Å². The Morgan fingerprint density at radius 2 is 1.63 bits per heavy atom. The molecule has 146 valence electrons. The van der Waals surface area contributed by atoms with E-state index < -0.39 is 6.23 Å². The number of para-hydroxylation sites is 1. The minimum atomic E-state index is -0.510. The Morgan fingerprint density at radius 1 is 0.867 bits per heavy atom. The monoisotopic (exact) mass is 412 g/mol. The molecule has 30 heavy (non-hydrogen) atoms. The van der Waals surface area contributed by atoms with E-state index in [1.807, 2.05) is 66.7 Å². The second kappa shape index (κ2) is 6.51. The van der Waals surface area contributed by atoms with Gasteiger partial charge in [-0.3, -0.25) is 4.90 Å². The van der Waals surface area contributed by atoms with Gasteiger partial charge in [-0.15, -0.1) is 0 Å². The molecular formula is C25H17ClN2O2. The largest absolute Gasteiger partial charge is 0.466 e. The van der Waals surface area contributed by atoms with Crippen molar-refractivity contribution in [3.05, 3.63) is 107 Å². The summed E-state index contributed by atoms with van der Waals surface area (Å²) in [6.07, 6.45) is -0.510. The zero-order valence-corrected chi connectivity index (χ0v) is 16.6. The average Bonchev–Trinajstić information content (AvgIpc) is 2.78. The SMILES string of the molecule is O=C1Nc2ccccc2[C@H]2Oc3ccc4ccccc4c3[C@H](c3ccc(Cl)cc3)N12. The van der Waals surface area contributed by atoms with Crippen LogP contribution in [0.2, 0.25) is 5.02 Å². The molecule has 2 aliphatic rings. The van der Waals surface area contributed by atoms with Gasteiger partial charge in [-0.2, -0.15) is 0 Å². The first kappa shape index (κ1) is 17.4. The predicted octanol–water partition coefficient (Wildman–Crippen LogP) is 6.52. The lowest BCUT2D eigenvalue weighted by molar-refractivity contribution is 0.0143. The highest BCUT2D eigenvalue weighted by molar-refractivity contribution is 6.30. The number of carbonyl (C=O) groups is 1. The normalized spacial score (nSPS) is 19.4. The van der Waals surface area contributed by atoms with Gasteiger partial charge < -0.3 is 10.1 Å². The van der Waals surface area contributed by atoms with Crippen molar-refractivity contribution in [2.75, 3.05) is 5.32 Å². The Morgan fingerprint density at radius 3 is 2.50 bits per heavy atom. The van der Waals surface area contributed by atoms with Crippen molar-refractivity contribution in [2.45, 2.75) is 12.3 Å². The van der Waals surface area contributed by atoms with Crippen LogP contribution in [0.3, 0.4) is 0 Å². The molecule has 0 saturated heterocycles. The first-order chi connectivity index (χ1) is 14.7. The summed E-state index contributed by atoms with van der Waals surface area (Å²) in [6, 6.07) is 27.2. The molecule has 0 unspecified atom stereocenters. The van der Waals surface area contributed by atoms with Gasteiger partial charge in [-0.05, 0) is 40.6 Å². The van der Waals surface area contributed by atoms with Crippen molar-refractivity contribution in [1.29, 1.82) is 0 Å². The number of halogens is 1. The van der Waals surface area contributed by atoms with Crippen LogP contribution in [0.25, 0.3) is 10.8 Å². The molecule has 5 heteroatoms. The number of nitrogens with zero attached hydrogens (tertiary/aromatic N) is 1. The third kappa shape index (κ3) is 2.50. The van der Waals surface area contributed by atoms with Crippen molar-refractivity contribution < 1.29 is 9.53 Å². The van der Waals surface area contributed by atoms with Gasteiger partial charge in [-0.1, -0.05) is 72.3 Å². The van der Waals surface area contributed by atoms with Crippen LogP contribution in [0.4, 0.5) is 10.5 Å². The molecule has 2 aliphatic heterocycles. The van der Waals surface area contributed by atoms with E-state index in [2.05, 4.69) is 23.5 Å². The Labute approximate surface area is 178 Å². The van der Waals surface area contributed by atoms with Gasteiger partial charge in [0.25, 0.3) is 0 Å². The minimum absolute atomic E-state index is 0.183. The first-order valence-electron chi connectivity index (χ1n) is 9.83. The summed E-state index contributed by atoms with van der Waals surface area (Å²) in [5.41, 5.74) is 3.69. The molecule has 6 rings (SSSR count). The standard InChI is InChI=1S/C25H17ClN2O2/c26-17-12-9-16(10-13-17)23-22-18-6-2-1-5-15(18)11-14-21(22)30-24-19-7-3-4-8-20(19)27-25(29)28(23)24/h1-14,23-24H,(H,27,29)/t23-,24+/m0/s1. The molecule has 0 bridgehead atoms. The van der Waals surface area contributed by atoms with E-state index in [9.17, 15) is 4.79 Å².